The van der Waals surface area contributed by atoms with Gasteiger partial charge in [-0.1, -0.05) is 12.1 Å². The molecule has 112 valence electrons. The quantitative estimate of drug-likeness (QED) is 0.817. The molecule has 0 spiro atoms. The molecule has 1 fully saturated rings. The Balaban J connectivity index is 1.69. The fraction of sp³-hybridized carbons (Fsp3) is 0.467. The van der Waals surface area contributed by atoms with Gasteiger partial charge >= 0.3 is 0 Å². The SMILES string of the molecule is CN(C)c1noc(CN(Cc2cccc(F)c2)C2CC2)n1. The number of hydrogen-bond donors (Lipinski definition) is 0. The zero-order valence-electron chi connectivity index (χ0n) is 12.3. The maximum absolute atomic E-state index is 13.3. The lowest BCUT2D eigenvalue weighted by Crippen LogP contribution is -2.25. The predicted molar refractivity (Wildman–Crippen MR) is 77.3 cm³/mol. The van der Waals surface area contributed by atoms with Crippen LogP contribution in [0.15, 0.2) is 28.8 Å². The van der Waals surface area contributed by atoms with Crippen molar-refractivity contribution in [1.82, 2.24) is 15.0 Å². The van der Waals surface area contributed by atoms with E-state index in [-0.39, 0.29) is 5.82 Å². The average molecular weight is 290 g/mol. The van der Waals surface area contributed by atoms with Crippen LogP contribution in [-0.4, -0.2) is 35.2 Å². The molecule has 1 saturated carbocycles. The first-order chi connectivity index (χ1) is 10.1. The Labute approximate surface area is 123 Å². The summed E-state index contributed by atoms with van der Waals surface area (Å²) < 4.78 is 18.6. The molecular weight excluding hydrogens is 271 g/mol. The second-order valence-corrected chi connectivity index (χ2v) is 5.65. The number of benzene rings is 1. The van der Waals surface area contributed by atoms with Gasteiger partial charge < -0.3 is 9.42 Å². The van der Waals surface area contributed by atoms with Crippen LogP contribution >= 0.6 is 0 Å². The van der Waals surface area contributed by atoms with Crippen LogP contribution in [0.4, 0.5) is 10.3 Å². The molecule has 21 heavy (non-hydrogen) atoms. The third-order valence-corrected chi connectivity index (χ3v) is 3.53. The lowest BCUT2D eigenvalue weighted by molar-refractivity contribution is 0.209. The van der Waals surface area contributed by atoms with Crippen LogP contribution in [0, 0.1) is 5.82 Å². The van der Waals surface area contributed by atoms with Gasteiger partial charge in [0.15, 0.2) is 0 Å². The number of nitrogens with zero attached hydrogens (tertiary/aromatic N) is 4. The van der Waals surface area contributed by atoms with Gasteiger partial charge in [-0.05, 0) is 35.7 Å². The first-order valence-electron chi connectivity index (χ1n) is 7.10. The Morgan fingerprint density at radius 2 is 2.10 bits per heavy atom. The highest BCUT2D eigenvalue weighted by atomic mass is 19.1. The summed E-state index contributed by atoms with van der Waals surface area (Å²) in [5.74, 6) is 0.976. The van der Waals surface area contributed by atoms with Crippen molar-refractivity contribution in [3.05, 3.63) is 41.5 Å². The van der Waals surface area contributed by atoms with E-state index in [0.717, 1.165) is 5.56 Å². The Morgan fingerprint density at radius 1 is 1.29 bits per heavy atom. The minimum Gasteiger partial charge on any atom is -0.344 e. The van der Waals surface area contributed by atoms with Gasteiger partial charge in [0, 0.05) is 26.7 Å². The summed E-state index contributed by atoms with van der Waals surface area (Å²) >= 11 is 0. The van der Waals surface area contributed by atoms with Crippen LogP contribution in [0.2, 0.25) is 0 Å². The molecule has 5 nitrogen and oxygen atoms in total. The van der Waals surface area contributed by atoms with Crippen molar-refractivity contribution in [2.24, 2.45) is 0 Å². The Morgan fingerprint density at radius 3 is 2.71 bits per heavy atom. The zero-order valence-corrected chi connectivity index (χ0v) is 12.3. The van der Waals surface area contributed by atoms with Gasteiger partial charge in [0.2, 0.25) is 5.89 Å². The van der Waals surface area contributed by atoms with Crippen LogP contribution in [-0.2, 0) is 13.1 Å². The summed E-state index contributed by atoms with van der Waals surface area (Å²) in [4.78, 5) is 8.42. The van der Waals surface area contributed by atoms with Crippen molar-refractivity contribution < 1.29 is 8.91 Å². The molecule has 0 saturated heterocycles. The third kappa shape index (κ3) is 3.58. The predicted octanol–water partition coefficient (Wildman–Crippen LogP) is 2.44. The van der Waals surface area contributed by atoms with Crippen molar-refractivity contribution in [2.45, 2.75) is 32.0 Å². The molecule has 0 N–H and O–H groups in total. The van der Waals surface area contributed by atoms with Crippen LogP contribution in [0.3, 0.4) is 0 Å². The maximum atomic E-state index is 13.3. The van der Waals surface area contributed by atoms with Crippen molar-refractivity contribution in [2.75, 3.05) is 19.0 Å². The van der Waals surface area contributed by atoms with Gasteiger partial charge in [-0.2, -0.15) is 4.98 Å². The van der Waals surface area contributed by atoms with Gasteiger partial charge in [0.05, 0.1) is 6.54 Å². The normalized spacial score (nSPS) is 14.7. The highest BCUT2D eigenvalue weighted by Gasteiger charge is 2.30. The monoisotopic (exact) mass is 290 g/mol. The van der Waals surface area contributed by atoms with Crippen LogP contribution < -0.4 is 4.90 Å². The van der Waals surface area contributed by atoms with E-state index in [9.17, 15) is 4.39 Å². The van der Waals surface area contributed by atoms with Crippen LogP contribution in [0.1, 0.15) is 24.3 Å². The summed E-state index contributed by atoms with van der Waals surface area (Å²) in [5, 5.41) is 3.92. The average Bonchev–Trinajstić information content (AvgIpc) is 3.18. The largest absolute Gasteiger partial charge is 0.344 e. The molecule has 0 amide bonds. The third-order valence-electron chi connectivity index (χ3n) is 3.53. The topological polar surface area (TPSA) is 45.4 Å². The molecule has 1 heterocycles. The lowest BCUT2D eigenvalue weighted by Gasteiger charge is -2.19. The number of halogens is 1. The van der Waals surface area contributed by atoms with Crippen LogP contribution in [0.5, 0.6) is 0 Å². The maximum Gasteiger partial charge on any atom is 0.265 e. The number of anilines is 1. The number of hydrogen-bond acceptors (Lipinski definition) is 5. The van der Waals surface area contributed by atoms with E-state index in [2.05, 4.69) is 15.0 Å². The minimum absolute atomic E-state index is 0.198. The van der Waals surface area contributed by atoms with Crippen LogP contribution in [0.25, 0.3) is 0 Å². The molecule has 1 aliphatic rings. The van der Waals surface area contributed by atoms with E-state index in [1.165, 1.54) is 18.9 Å². The van der Waals surface area contributed by atoms with E-state index in [1.54, 1.807) is 17.0 Å². The zero-order chi connectivity index (χ0) is 14.8. The van der Waals surface area contributed by atoms with Gasteiger partial charge in [0.25, 0.3) is 5.95 Å². The summed E-state index contributed by atoms with van der Waals surface area (Å²) in [7, 11) is 3.75. The molecule has 6 heteroatoms. The Bertz CT molecular complexity index is 609. The molecule has 3 rings (SSSR count). The second-order valence-electron chi connectivity index (χ2n) is 5.65. The number of rotatable bonds is 6. The van der Waals surface area contributed by atoms with Gasteiger partial charge in [0.1, 0.15) is 5.82 Å². The highest BCUT2D eigenvalue weighted by molar-refractivity contribution is 5.23. The van der Waals surface area contributed by atoms with E-state index in [0.29, 0.717) is 31.0 Å². The molecule has 0 atom stereocenters. The van der Waals surface area contributed by atoms with E-state index in [1.807, 2.05) is 20.2 Å². The van der Waals surface area contributed by atoms with Crippen molar-refractivity contribution in [1.29, 1.82) is 0 Å². The fourth-order valence-corrected chi connectivity index (χ4v) is 2.29. The van der Waals surface area contributed by atoms with Crippen molar-refractivity contribution in [3.8, 4) is 0 Å². The highest BCUT2D eigenvalue weighted by Crippen LogP contribution is 2.29. The molecule has 0 radical (unpaired) electrons. The van der Waals surface area contributed by atoms with Crippen molar-refractivity contribution in [3.63, 3.8) is 0 Å². The molecule has 1 aromatic heterocycles. The van der Waals surface area contributed by atoms with Gasteiger partial charge in [-0.3, -0.25) is 4.90 Å². The molecule has 1 aliphatic carbocycles. The summed E-state index contributed by atoms with van der Waals surface area (Å²) in [6.45, 7) is 1.30. The summed E-state index contributed by atoms with van der Waals surface area (Å²) in [6, 6.07) is 7.26. The summed E-state index contributed by atoms with van der Waals surface area (Å²) in [5.41, 5.74) is 0.967. The van der Waals surface area contributed by atoms with Gasteiger partial charge in [-0.15, -0.1) is 0 Å². The second kappa shape index (κ2) is 5.81. The Kier molecular flexibility index (Phi) is 3.88. The number of aromatic nitrogens is 2. The minimum atomic E-state index is -0.198. The lowest BCUT2D eigenvalue weighted by atomic mass is 10.2. The van der Waals surface area contributed by atoms with E-state index in [4.69, 9.17) is 4.52 Å². The molecule has 0 aliphatic heterocycles. The molecule has 0 unspecified atom stereocenters. The standard InChI is InChI=1S/C15H19FN4O/c1-19(2)15-17-14(21-18-15)10-20(13-6-7-13)9-11-4-3-5-12(16)8-11/h3-5,8,13H,6-7,9-10H2,1-2H3. The van der Waals surface area contributed by atoms with E-state index >= 15 is 0 Å². The fourth-order valence-electron chi connectivity index (χ4n) is 2.29. The van der Waals surface area contributed by atoms with Crippen molar-refractivity contribution >= 4 is 5.95 Å². The Hall–Kier alpha value is -1.95. The smallest absolute Gasteiger partial charge is 0.265 e. The van der Waals surface area contributed by atoms with E-state index < -0.39 is 0 Å². The first kappa shape index (κ1) is 14.0. The first-order valence-corrected chi connectivity index (χ1v) is 7.10. The summed E-state index contributed by atoms with van der Waals surface area (Å²) in [6.07, 6.45) is 2.34. The molecular formula is C15H19FN4O. The van der Waals surface area contributed by atoms with Gasteiger partial charge in [-0.25, -0.2) is 4.39 Å². The molecule has 2 aromatic rings. The molecule has 0 bridgehead atoms. The molecule has 1 aromatic carbocycles.